The Labute approximate surface area is 60.8 Å². The maximum Gasteiger partial charge on any atom is 0.306 e. The molecule has 5 nitrogen and oxygen atoms in total. The van der Waals surface area contributed by atoms with E-state index >= 15 is 0 Å². The predicted octanol–water partition coefficient (Wildman–Crippen LogP) is 0.0983. The van der Waals surface area contributed by atoms with Crippen molar-refractivity contribution >= 4 is 16.8 Å². The number of H-pyrrole nitrogens is 1. The number of fused-ring (bicyclic) bond motifs is 1. The van der Waals surface area contributed by atoms with Crippen LogP contribution in [0.2, 0.25) is 0 Å². The number of nitrogens with two attached hydrogens (primary N) is 1. The largest absolute Gasteiger partial charge is 0.396 e. The zero-order chi connectivity index (χ0) is 7.84. The van der Waals surface area contributed by atoms with E-state index in [9.17, 15) is 4.79 Å². The van der Waals surface area contributed by atoms with Crippen LogP contribution < -0.4 is 11.3 Å². The van der Waals surface area contributed by atoms with E-state index in [2.05, 4.69) is 10.1 Å². The summed E-state index contributed by atoms with van der Waals surface area (Å²) in [4.78, 5) is 14.6. The van der Waals surface area contributed by atoms with Crippen LogP contribution in [0.5, 0.6) is 0 Å². The summed E-state index contributed by atoms with van der Waals surface area (Å²) in [5.41, 5.74) is 6.09. The number of nitrogens with zero attached hydrogens (tertiary/aromatic N) is 1. The number of aromatic nitrogens is 2. The first kappa shape index (κ1) is 5.96. The Kier molecular flexibility index (Phi) is 1.00. The second-order valence-corrected chi connectivity index (χ2v) is 2.11. The fourth-order valence-corrected chi connectivity index (χ4v) is 0.878. The Hall–Kier alpha value is -1.78. The lowest BCUT2D eigenvalue weighted by Crippen LogP contribution is -1.98. The lowest BCUT2D eigenvalue weighted by Gasteiger charge is -1.88. The van der Waals surface area contributed by atoms with Gasteiger partial charge in [0.15, 0.2) is 5.52 Å². The average molecular weight is 151 g/mol. The fraction of sp³-hybridized carbons (Fsp3) is 0. The normalized spacial score (nSPS) is 10.5. The maximum absolute atomic E-state index is 10.9. The average Bonchev–Trinajstić information content (AvgIpc) is 2.35. The van der Waals surface area contributed by atoms with Crippen LogP contribution in [0.3, 0.4) is 0 Å². The van der Waals surface area contributed by atoms with E-state index in [-0.39, 0.29) is 11.1 Å². The highest BCUT2D eigenvalue weighted by atomic mass is 16.5. The van der Waals surface area contributed by atoms with E-state index < -0.39 is 0 Å². The zero-order valence-electron chi connectivity index (χ0n) is 5.50. The highest BCUT2D eigenvalue weighted by Gasteiger charge is 2.05. The minimum absolute atomic E-state index is 0.241. The van der Waals surface area contributed by atoms with Gasteiger partial charge in [0.05, 0.1) is 5.69 Å². The van der Waals surface area contributed by atoms with Crippen LogP contribution in [0.15, 0.2) is 21.6 Å². The van der Waals surface area contributed by atoms with Crippen molar-refractivity contribution in [3.63, 3.8) is 0 Å². The van der Waals surface area contributed by atoms with Crippen molar-refractivity contribution in [2.45, 2.75) is 0 Å². The summed E-state index contributed by atoms with van der Waals surface area (Å²) >= 11 is 0. The van der Waals surface area contributed by atoms with Gasteiger partial charge in [-0.2, -0.15) is 5.16 Å². The van der Waals surface area contributed by atoms with Crippen molar-refractivity contribution in [3.8, 4) is 0 Å². The summed E-state index contributed by atoms with van der Waals surface area (Å²) in [7, 11) is 0. The summed E-state index contributed by atoms with van der Waals surface area (Å²) in [6.45, 7) is 0. The Bertz CT molecular complexity index is 442. The van der Waals surface area contributed by atoms with Gasteiger partial charge in [0.1, 0.15) is 0 Å². The number of rotatable bonds is 0. The Morgan fingerprint density at radius 3 is 3.18 bits per heavy atom. The lowest BCUT2D eigenvalue weighted by molar-refractivity contribution is 0.450. The van der Waals surface area contributed by atoms with Crippen molar-refractivity contribution in [1.29, 1.82) is 0 Å². The van der Waals surface area contributed by atoms with Crippen LogP contribution in [-0.4, -0.2) is 10.1 Å². The molecule has 0 amide bonds. The monoisotopic (exact) mass is 151 g/mol. The molecule has 3 N–H and O–H groups in total. The highest BCUT2D eigenvalue weighted by Crippen LogP contribution is 2.13. The summed E-state index contributed by atoms with van der Waals surface area (Å²) in [6, 6.07) is 1.57. The van der Waals surface area contributed by atoms with Crippen LogP contribution in [0.4, 0.5) is 5.69 Å². The van der Waals surface area contributed by atoms with E-state index in [0.29, 0.717) is 11.3 Å². The smallest absolute Gasteiger partial charge is 0.306 e. The Morgan fingerprint density at radius 2 is 2.45 bits per heavy atom. The van der Waals surface area contributed by atoms with E-state index in [1.807, 2.05) is 0 Å². The summed E-state index contributed by atoms with van der Waals surface area (Å²) in [6.07, 6.45) is 1.46. The van der Waals surface area contributed by atoms with Crippen LogP contribution in [0, 0.1) is 0 Å². The van der Waals surface area contributed by atoms with Crippen LogP contribution in [0.25, 0.3) is 11.1 Å². The van der Waals surface area contributed by atoms with Crippen molar-refractivity contribution in [2.24, 2.45) is 0 Å². The zero-order valence-corrected chi connectivity index (χ0v) is 5.50. The van der Waals surface area contributed by atoms with Crippen molar-refractivity contribution in [3.05, 3.63) is 22.6 Å². The molecule has 0 aliphatic heterocycles. The summed E-state index contributed by atoms with van der Waals surface area (Å²) < 4.78 is 4.75. The molecule has 0 bridgehead atoms. The summed E-state index contributed by atoms with van der Waals surface area (Å²) in [5, 5.41) is 2.14. The molecule has 2 heterocycles. The molecule has 2 aromatic heterocycles. The molecule has 0 atom stereocenters. The van der Waals surface area contributed by atoms with Gasteiger partial charge in [0.2, 0.25) is 5.58 Å². The second kappa shape index (κ2) is 1.85. The second-order valence-electron chi connectivity index (χ2n) is 2.11. The number of pyridine rings is 1. The van der Waals surface area contributed by atoms with Gasteiger partial charge in [0, 0.05) is 6.20 Å². The maximum atomic E-state index is 10.9. The van der Waals surface area contributed by atoms with Gasteiger partial charge >= 0.3 is 5.56 Å². The number of hydrogen-bond acceptors (Lipinski definition) is 4. The molecule has 2 rings (SSSR count). The van der Waals surface area contributed by atoms with E-state index in [4.69, 9.17) is 10.3 Å². The number of anilines is 1. The highest BCUT2D eigenvalue weighted by molar-refractivity contribution is 5.82. The first-order chi connectivity index (χ1) is 5.29. The molecule has 11 heavy (non-hydrogen) atoms. The third-order valence-corrected chi connectivity index (χ3v) is 1.40. The first-order valence-electron chi connectivity index (χ1n) is 3.00. The third-order valence-electron chi connectivity index (χ3n) is 1.40. The predicted molar refractivity (Wildman–Crippen MR) is 39.0 cm³/mol. The van der Waals surface area contributed by atoms with Crippen molar-refractivity contribution in [2.75, 3.05) is 5.73 Å². The minimum Gasteiger partial charge on any atom is -0.396 e. The molecule has 0 fully saturated rings. The number of aromatic amines is 1. The quantitative estimate of drug-likeness (QED) is 0.559. The molecule has 0 saturated heterocycles. The van der Waals surface area contributed by atoms with Crippen molar-refractivity contribution in [1.82, 2.24) is 10.1 Å². The minimum atomic E-state index is -0.354. The van der Waals surface area contributed by atoms with E-state index in [1.54, 1.807) is 6.07 Å². The molecule has 0 saturated carbocycles. The van der Waals surface area contributed by atoms with Crippen LogP contribution in [0.1, 0.15) is 0 Å². The Balaban J connectivity index is 3.06. The first-order valence-corrected chi connectivity index (χ1v) is 3.00. The number of nitrogens with one attached hydrogen (secondary N) is 1. The van der Waals surface area contributed by atoms with Gasteiger partial charge in [-0.1, -0.05) is 0 Å². The molecule has 0 aliphatic rings. The number of hydrogen-bond donors (Lipinski definition) is 2. The molecule has 0 aliphatic carbocycles. The van der Waals surface area contributed by atoms with Gasteiger partial charge in [-0.3, -0.25) is 4.79 Å². The topological polar surface area (TPSA) is 84.9 Å². The molecule has 0 unspecified atom stereocenters. The van der Waals surface area contributed by atoms with Gasteiger partial charge in [0.25, 0.3) is 0 Å². The standard InChI is InChI=1S/C6H5N3O2/c7-3-1-2-8-4-5(3)11-9-6(4)10/h1-2H,(H2,7,8)(H,9,10). The number of nitrogen functional groups attached to an aromatic ring is 1. The molecule has 0 aromatic carbocycles. The van der Waals surface area contributed by atoms with Gasteiger partial charge in [-0.25, -0.2) is 4.98 Å². The van der Waals surface area contributed by atoms with Crippen LogP contribution in [-0.2, 0) is 0 Å². The molecular weight excluding hydrogens is 146 g/mol. The molecule has 56 valence electrons. The van der Waals surface area contributed by atoms with E-state index in [0.717, 1.165) is 0 Å². The van der Waals surface area contributed by atoms with Gasteiger partial charge in [-0.15, -0.1) is 0 Å². The summed E-state index contributed by atoms with van der Waals surface area (Å²) in [5.74, 6) is 0. The molecule has 0 radical (unpaired) electrons. The SMILES string of the molecule is Nc1ccnc2c(=O)[nH]oc12. The molecule has 0 spiro atoms. The Morgan fingerprint density at radius 1 is 1.64 bits per heavy atom. The van der Waals surface area contributed by atoms with Gasteiger partial charge in [-0.05, 0) is 6.07 Å². The van der Waals surface area contributed by atoms with Crippen LogP contribution >= 0.6 is 0 Å². The molecular formula is C6H5N3O2. The fourth-order valence-electron chi connectivity index (χ4n) is 0.878. The third kappa shape index (κ3) is 0.706. The van der Waals surface area contributed by atoms with Gasteiger partial charge < -0.3 is 10.3 Å². The van der Waals surface area contributed by atoms with E-state index in [1.165, 1.54) is 6.20 Å². The molecule has 5 heteroatoms. The lowest BCUT2D eigenvalue weighted by atomic mass is 10.3. The van der Waals surface area contributed by atoms with Crippen molar-refractivity contribution < 1.29 is 4.52 Å². The molecule has 2 aromatic rings.